The van der Waals surface area contributed by atoms with Gasteiger partial charge in [-0.3, -0.25) is 9.78 Å². The highest BCUT2D eigenvalue weighted by Gasteiger charge is 2.12. The maximum Gasteiger partial charge on any atom is 0.273 e. The summed E-state index contributed by atoms with van der Waals surface area (Å²) in [6.45, 7) is 0.986. The van der Waals surface area contributed by atoms with Crippen molar-refractivity contribution in [1.82, 2.24) is 15.3 Å². The Labute approximate surface area is 138 Å². The normalized spacial score (nSPS) is 10.7. The van der Waals surface area contributed by atoms with E-state index in [9.17, 15) is 4.79 Å². The van der Waals surface area contributed by atoms with Gasteiger partial charge in [0.15, 0.2) is 12.3 Å². The Morgan fingerprint density at radius 1 is 1.33 bits per heavy atom. The fraction of sp³-hybridized carbons (Fsp3) is 0.235. The van der Waals surface area contributed by atoms with Gasteiger partial charge in [0.25, 0.3) is 5.91 Å². The number of methoxy groups -OCH3 is 1. The number of ether oxygens (including phenoxy) is 2. The van der Waals surface area contributed by atoms with Gasteiger partial charge in [0.05, 0.1) is 6.61 Å². The Bertz CT molecular complexity index is 826. The summed E-state index contributed by atoms with van der Waals surface area (Å²) in [7, 11) is 1.57. The average Bonchev–Trinajstić information content (AvgIpc) is 3.09. The largest absolute Gasteiger partial charge is 0.483 e. The monoisotopic (exact) mass is 327 g/mol. The van der Waals surface area contributed by atoms with Gasteiger partial charge in [-0.15, -0.1) is 0 Å². The molecule has 0 radical (unpaired) electrons. The predicted octanol–water partition coefficient (Wildman–Crippen LogP) is 2.18. The summed E-state index contributed by atoms with van der Waals surface area (Å²) in [5, 5.41) is 4.62. The summed E-state index contributed by atoms with van der Waals surface area (Å²) >= 11 is 0. The fourth-order valence-electron chi connectivity index (χ4n) is 2.20. The third-order valence-corrected chi connectivity index (χ3v) is 3.37. The lowest BCUT2D eigenvalue weighted by Crippen LogP contribution is -2.27. The van der Waals surface area contributed by atoms with Gasteiger partial charge in [-0.1, -0.05) is 12.1 Å². The first-order valence-corrected chi connectivity index (χ1v) is 7.45. The maximum atomic E-state index is 11.8. The molecule has 0 bridgehead atoms. The van der Waals surface area contributed by atoms with E-state index in [1.54, 1.807) is 19.5 Å². The van der Waals surface area contributed by atoms with Crippen LogP contribution < -0.4 is 10.1 Å². The third kappa shape index (κ3) is 3.69. The smallest absolute Gasteiger partial charge is 0.273 e. The molecule has 0 aliphatic rings. The summed E-state index contributed by atoms with van der Waals surface area (Å²) in [6, 6.07) is 7.60. The second kappa shape index (κ2) is 7.56. The number of hydrogen-bond acceptors (Lipinski definition) is 6. The van der Waals surface area contributed by atoms with Gasteiger partial charge >= 0.3 is 0 Å². The van der Waals surface area contributed by atoms with Crippen molar-refractivity contribution >= 4 is 16.7 Å². The second-order valence-electron chi connectivity index (χ2n) is 5.02. The number of nitrogens with one attached hydrogen (secondary N) is 1. The van der Waals surface area contributed by atoms with Crippen LogP contribution >= 0.6 is 0 Å². The molecule has 3 aromatic rings. The van der Waals surface area contributed by atoms with Gasteiger partial charge in [-0.05, 0) is 12.1 Å². The molecule has 0 spiro atoms. The number of oxazole rings is 1. The zero-order chi connectivity index (χ0) is 16.8. The van der Waals surface area contributed by atoms with Gasteiger partial charge in [0, 0.05) is 36.8 Å². The molecule has 124 valence electrons. The van der Waals surface area contributed by atoms with E-state index in [0.717, 1.165) is 10.8 Å². The van der Waals surface area contributed by atoms with Gasteiger partial charge in [-0.2, -0.15) is 0 Å². The Kier molecular flexibility index (Phi) is 5.02. The Hall–Kier alpha value is -2.93. The zero-order valence-corrected chi connectivity index (χ0v) is 13.2. The van der Waals surface area contributed by atoms with E-state index in [2.05, 4.69) is 15.3 Å². The van der Waals surface area contributed by atoms with Crippen LogP contribution in [0.2, 0.25) is 0 Å². The van der Waals surface area contributed by atoms with Crippen LogP contribution in [0, 0.1) is 0 Å². The van der Waals surface area contributed by atoms with Crippen molar-refractivity contribution in [2.75, 3.05) is 20.3 Å². The van der Waals surface area contributed by atoms with Crippen molar-refractivity contribution in [3.8, 4) is 5.75 Å². The van der Waals surface area contributed by atoms with Crippen LogP contribution in [0.15, 0.2) is 47.3 Å². The standard InChI is InChI=1S/C17H17N3O4/c1-22-8-7-19-17(21)14-10-24-16(20-14)11-23-15-4-2-3-12-9-18-6-5-13(12)15/h2-6,9-10H,7-8,11H2,1H3,(H,19,21). The minimum Gasteiger partial charge on any atom is -0.483 e. The predicted molar refractivity (Wildman–Crippen MR) is 86.8 cm³/mol. The van der Waals surface area contributed by atoms with E-state index < -0.39 is 0 Å². The zero-order valence-electron chi connectivity index (χ0n) is 13.2. The molecule has 0 unspecified atom stereocenters. The van der Waals surface area contributed by atoms with Crippen LogP contribution in [0.5, 0.6) is 5.75 Å². The number of nitrogens with zero attached hydrogens (tertiary/aromatic N) is 2. The van der Waals surface area contributed by atoms with Crippen molar-refractivity contribution in [1.29, 1.82) is 0 Å². The van der Waals surface area contributed by atoms with E-state index in [-0.39, 0.29) is 18.2 Å². The third-order valence-electron chi connectivity index (χ3n) is 3.37. The molecule has 2 aromatic heterocycles. The molecule has 2 heterocycles. The van der Waals surface area contributed by atoms with Crippen LogP contribution in [-0.4, -0.2) is 36.1 Å². The molecular weight excluding hydrogens is 310 g/mol. The quantitative estimate of drug-likeness (QED) is 0.669. The first-order chi connectivity index (χ1) is 11.8. The van der Waals surface area contributed by atoms with Gasteiger partial charge in [0.2, 0.25) is 5.89 Å². The summed E-state index contributed by atoms with van der Waals surface area (Å²) in [5.41, 5.74) is 0.215. The molecule has 7 heteroatoms. The van der Waals surface area contributed by atoms with Gasteiger partial charge < -0.3 is 19.2 Å². The molecule has 1 N–H and O–H groups in total. The topological polar surface area (TPSA) is 86.5 Å². The first kappa shape index (κ1) is 15.9. The number of benzene rings is 1. The van der Waals surface area contributed by atoms with E-state index in [1.807, 2.05) is 24.3 Å². The van der Waals surface area contributed by atoms with E-state index in [1.165, 1.54) is 6.26 Å². The number of pyridine rings is 1. The van der Waals surface area contributed by atoms with Crippen molar-refractivity contribution < 1.29 is 18.7 Å². The Morgan fingerprint density at radius 2 is 2.25 bits per heavy atom. The maximum absolute atomic E-state index is 11.8. The summed E-state index contributed by atoms with van der Waals surface area (Å²) in [6.07, 6.45) is 4.80. The minimum atomic E-state index is -0.307. The molecule has 24 heavy (non-hydrogen) atoms. The first-order valence-electron chi connectivity index (χ1n) is 7.45. The molecule has 3 rings (SSSR count). The molecule has 0 aliphatic carbocycles. The second-order valence-corrected chi connectivity index (χ2v) is 5.02. The summed E-state index contributed by atoms with van der Waals surface area (Å²) < 4.78 is 15.9. The fourth-order valence-corrected chi connectivity index (χ4v) is 2.20. The number of hydrogen-bond donors (Lipinski definition) is 1. The number of carbonyl (C=O) groups is 1. The number of amides is 1. The molecule has 1 amide bonds. The Morgan fingerprint density at radius 3 is 3.12 bits per heavy atom. The molecule has 0 fully saturated rings. The average molecular weight is 327 g/mol. The van der Waals surface area contributed by atoms with Crippen LogP contribution in [0.1, 0.15) is 16.4 Å². The van der Waals surface area contributed by atoms with Gasteiger partial charge in [0.1, 0.15) is 12.0 Å². The number of aromatic nitrogens is 2. The van der Waals surface area contributed by atoms with E-state index in [4.69, 9.17) is 13.9 Å². The number of rotatable bonds is 7. The molecule has 0 saturated heterocycles. The highest BCUT2D eigenvalue weighted by molar-refractivity contribution is 5.91. The van der Waals surface area contributed by atoms with E-state index in [0.29, 0.717) is 24.8 Å². The van der Waals surface area contributed by atoms with E-state index >= 15 is 0 Å². The SMILES string of the molecule is COCCNC(=O)c1coc(COc2cccc3cnccc23)n1. The van der Waals surface area contributed by atoms with Crippen LogP contribution in [0.4, 0.5) is 0 Å². The van der Waals surface area contributed by atoms with Crippen molar-refractivity contribution in [2.45, 2.75) is 6.61 Å². The van der Waals surface area contributed by atoms with Crippen molar-refractivity contribution in [3.05, 3.63) is 54.5 Å². The van der Waals surface area contributed by atoms with Crippen LogP contribution in [0.3, 0.4) is 0 Å². The number of carbonyl (C=O) groups excluding carboxylic acids is 1. The minimum absolute atomic E-state index is 0.132. The lowest BCUT2D eigenvalue weighted by atomic mass is 10.1. The van der Waals surface area contributed by atoms with Crippen LogP contribution in [0.25, 0.3) is 10.8 Å². The molecule has 0 atom stereocenters. The summed E-state index contributed by atoms with van der Waals surface area (Å²) in [5.74, 6) is 0.732. The molecule has 1 aromatic carbocycles. The van der Waals surface area contributed by atoms with Crippen LogP contribution in [-0.2, 0) is 11.3 Å². The molecule has 0 saturated carbocycles. The lowest BCUT2D eigenvalue weighted by Gasteiger charge is -2.06. The molecular formula is C17H17N3O4. The number of fused-ring (bicyclic) bond motifs is 1. The van der Waals surface area contributed by atoms with Crippen molar-refractivity contribution in [2.24, 2.45) is 0 Å². The Balaban J connectivity index is 1.64. The van der Waals surface area contributed by atoms with Crippen molar-refractivity contribution in [3.63, 3.8) is 0 Å². The highest BCUT2D eigenvalue weighted by atomic mass is 16.5. The summed E-state index contributed by atoms with van der Waals surface area (Å²) in [4.78, 5) is 20.1. The van der Waals surface area contributed by atoms with Gasteiger partial charge in [-0.25, -0.2) is 4.98 Å². The lowest BCUT2D eigenvalue weighted by molar-refractivity contribution is 0.0932. The molecule has 0 aliphatic heterocycles. The highest BCUT2D eigenvalue weighted by Crippen LogP contribution is 2.25. The molecule has 7 nitrogen and oxygen atoms in total.